The van der Waals surface area contributed by atoms with E-state index in [-0.39, 0.29) is 25.7 Å². The van der Waals surface area contributed by atoms with Crippen LogP contribution in [0.1, 0.15) is 472 Å². The predicted molar refractivity (Wildman–Crippen MR) is 442 cm³/mol. The molecule has 3 N–H and O–H groups in total. The van der Waals surface area contributed by atoms with Crippen molar-refractivity contribution in [1.29, 1.82) is 0 Å². The molecule has 0 aliphatic carbocycles. The summed E-state index contributed by atoms with van der Waals surface area (Å²) in [5, 5.41) is 10.7. The Kier molecular flexibility index (Phi) is 77.9. The minimum atomic E-state index is -4.97. The fourth-order valence-corrected chi connectivity index (χ4v) is 15.3. The molecule has 0 aromatic carbocycles. The van der Waals surface area contributed by atoms with Gasteiger partial charge in [0.25, 0.3) is 0 Å². The Labute approximate surface area is 658 Å². The zero-order valence-electron chi connectivity index (χ0n) is 70.5. The molecule has 3 unspecified atom stereocenters. The highest BCUT2D eigenvalue weighted by Gasteiger charge is 2.31. The third-order valence-corrected chi connectivity index (χ3v) is 23.0. The average Bonchev–Trinajstić information content (AvgIpc) is 0.900. The third-order valence-electron chi connectivity index (χ3n) is 21.1. The highest BCUT2D eigenvalue weighted by Crippen LogP contribution is 2.45. The van der Waals surface area contributed by atoms with Gasteiger partial charge in [0.2, 0.25) is 0 Å². The van der Waals surface area contributed by atoms with E-state index in [0.717, 1.165) is 102 Å². The van der Waals surface area contributed by atoms with E-state index in [1.807, 2.05) is 0 Å². The second-order valence-electron chi connectivity index (χ2n) is 32.4. The lowest BCUT2D eigenvalue weighted by Gasteiger charge is -2.21. The highest BCUT2D eigenvalue weighted by atomic mass is 31.2. The quantitative estimate of drug-likeness (QED) is 0.0222. The van der Waals surface area contributed by atoms with Crippen molar-refractivity contribution in [2.75, 3.05) is 39.6 Å². The summed E-state index contributed by atoms with van der Waals surface area (Å²) in [4.78, 5) is 73.3. The SMILES string of the molecule is CCCCCCCCCCCCCCCCCCCCCC(=O)O[C@H](COC(=O)CCCCCCCCCCCCCCCCC(C)CC)COP(=O)(O)OC[C@@H](O)COP(=O)(O)OC[C@@H](COC(=O)CCCCCCCCCCCC(C)C)OC(=O)CCCCCCCCCCCCCCCCCCCC. The van der Waals surface area contributed by atoms with Crippen LogP contribution in [0.5, 0.6) is 0 Å². The Morgan fingerprint density at radius 2 is 0.477 bits per heavy atom. The molecule has 107 heavy (non-hydrogen) atoms. The summed E-state index contributed by atoms with van der Waals surface area (Å²) in [6, 6.07) is 0. The molecular formula is C88H172O17P2. The lowest BCUT2D eigenvalue weighted by Crippen LogP contribution is -2.30. The van der Waals surface area contributed by atoms with Crippen molar-refractivity contribution < 1.29 is 80.2 Å². The van der Waals surface area contributed by atoms with Crippen molar-refractivity contribution >= 4 is 39.5 Å². The molecule has 17 nitrogen and oxygen atoms in total. The van der Waals surface area contributed by atoms with Crippen LogP contribution < -0.4 is 0 Å². The van der Waals surface area contributed by atoms with Crippen LogP contribution in [0.3, 0.4) is 0 Å². The summed E-state index contributed by atoms with van der Waals surface area (Å²) < 4.78 is 69.0. The maximum absolute atomic E-state index is 13.2. The maximum Gasteiger partial charge on any atom is 0.472 e. The number of phosphoric ester groups is 2. The van der Waals surface area contributed by atoms with Gasteiger partial charge in [0.1, 0.15) is 19.3 Å². The van der Waals surface area contributed by atoms with Gasteiger partial charge in [-0.15, -0.1) is 0 Å². The molecule has 6 atom stereocenters. The second kappa shape index (κ2) is 79.3. The first kappa shape index (κ1) is 105. The first-order valence-corrected chi connectivity index (χ1v) is 48.5. The Bertz CT molecular complexity index is 2050. The molecule has 0 amide bonds. The molecule has 0 heterocycles. The van der Waals surface area contributed by atoms with Crippen LogP contribution in [0.4, 0.5) is 0 Å². The van der Waals surface area contributed by atoms with Gasteiger partial charge in [-0.1, -0.05) is 420 Å². The summed E-state index contributed by atoms with van der Waals surface area (Å²) in [6.45, 7) is 9.73. The van der Waals surface area contributed by atoms with Gasteiger partial charge in [0.15, 0.2) is 12.2 Å². The van der Waals surface area contributed by atoms with Crippen LogP contribution in [-0.4, -0.2) is 96.7 Å². The minimum absolute atomic E-state index is 0.109. The molecule has 0 aliphatic rings. The number of ether oxygens (including phenoxy) is 4. The van der Waals surface area contributed by atoms with E-state index in [1.54, 1.807) is 0 Å². The molecule has 19 heteroatoms. The van der Waals surface area contributed by atoms with Crippen LogP contribution in [0.2, 0.25) is 0 Å². The molecular weight excluding hydrogens is 1390 g/mol. The fraction of sp³-hybridized carbons (Fsp3) is 0.955. The summed E-state index contributed by atoms with van der Waals surface area (Å²) in [6.07, 6.45) is 72.1. The fourth-order valence-electron chi connectivity index (χ4n) is 13.7. The number of hydrogen-bond acceptors (Lipinski definition) is 15. The van der Waals surface area contributed by atoms with Crippen LogP contribution in [0.15, 0.2) is 0 Å². The van der Waals surface area contributed by atoms with Crippen molar-refractivity contribution in [3.8, 4) is 0 Å². The predicted octanol–water partition coefficient (Wildman–Crippen LogP) is 27.0. The van der Waals surface area contributed by atoms with Crippen LogP contribution in [-0.2, 0) is 65.4 Å². The van der Waals surface area contributed by atoms with E-state index in [2.05, 4.69) is 41.5 Å². The van der Waals surface area contributed by atoms with Gasteiger partial charge in [0, 0.05) is 25.7 Å². The normalized spacial score (nSPS) is 14.0. The van der Waals surface area contributed by atoms with Gasteiger partial charge in [-0.25, -0.2) is 9.13 Å². The van der Waals surface area contributed by atoms with Crippen LogP contribution in [0, 0.1) is 11.8 Å². The van der Waals surface area contributed by atoms with E-state index in [9.17, 15) is 43.2 Å². The highest BCUT2D eigenvalue weighted by molar-refractivity contribution is 7.47. The maximum atomic E-state index is 13.2. The zero-order chi connectivity index (χ0) is 78.5. The Balaban J connectivity index is 5.26. The minimum Gasteiger partial charge on any atom is -0.462 e. The van der Waals surface area contributed by atoms with Crippen molar-refractivity contribution in [2.45, 2.75) is 490 Å². The molecule has 0 aromatic heterocycles. The Morgan fingerprint density at radius 1 is 0.271 bits per heavy atom. The number of aliphatic hydroxyl groups is 1. The average molecular weight is 1560 g/mol. The van der Waals surface area contributed by atoms with E-state index in [4.69, 9.17) is 37.0 Å². The molecule has 636 valence electrons. The smallest absolute Gasteiger partial charge is 0.462 e. The van der Waals surface area contributed by atoms with Crippen molar-refractivity contribution in [1.82, 2.24) is 0 Å². The molecule has 0 aromatic rings. The largest absolute Gasteiger partial charge is 0.472 e. The number of phosphoric acid groups is 2. The van der Waals surface area contributed by atoms with E-state index < -0.39 is 97.5 Å². The number of aliphatic hydroxyl groups excluding tert-OH is 1. The Morgan fingerprint density at radius 3 is 0.710 bits per heavy atom. The number of esters is 4. The first-order valence-electron chi connectivity index (χ1n) is 45.5. The van der Waals surface area contributed by atoms with E-state index in [1.165, 1.54) is 289 Å². The lowest BCUT2D eigenvalue weighted by atomic mass is 9.99. The number of rotatable bonds is 87. The molecule has 0 bridgehead atoms. The van der Waals surface area contributed by atoms with Gasteiger partial charge in [0.05, 0.1) is 26.4 Å². The number of unbranched alkanes of at least 4 members (excludes halogenated alkanes) is 56. The lowest BCUT2D eigenvalue weighted by molar-refractivity contribution is -0.161. The van der Waals surface area contributed by atoms with Gasteiger partial charge in [-0.2, -0.15) is 0 Å². The molecule has 0 spiro atoms. The standard InChI is InChI=1S/C88H172O17P2/c1-7-10-12-14-16-18-20-22-24-26-28-30-32-38-42-48-55-61-67-72-87(92)104-83(76-98-85(90)70-64-58-52-46-40-36-34-33-35-39-45-51-57-63-69-81(6)9-3)78-102-106(94,95)100-74-82(89)75-101-107(96,97)103-79-84(77-99-86(91)71-65-59-53-49-43-44-50-56-62-68-80(4)5)105-88(93)73-66-60-54-47-41-37-31-29-27-25-23-21-19-17-15-13-11-8-2/h80-84,89H,7-79H2,1-6H3,(H,94,95)(H,96,97)/t81?,82-,83-,84-/m1/s1. The third kappa shape index (κ3) is 80.5. The summed E-state index contributed by atoms with van der Waals surface area (Å²) >= 11 is 0. The zero-order valence-corrected chi connectivity index (χ0v) is 72.2. The molecule has 0 fully saturated rings. The molecule has 0 aliphatic heterocycles. The van der Waals surface area contributed by atoms with E-state index in [0.29, 0.717) is 25.7 Å². The Hall–Kier alpha value is -1.94. The molecule has 0 radical (unpaired) electrons. The van der Waals surface area contributed by atoms with Crippen LogP contribution in [0.25, 0.3) is 0 Å². The van der Waals surface area contributed by atoms with Crippen molar-refractivity contribution in [3.05, 3.63) is 0 Å². The molecule has 0 rings (SSSR count). The number of carbonyl (C=O) groups excluding carboxylic acids is 4. The molecule has 0 saturated heterocycles. The van der Waals surface area contributed by atoms with E-state index >= 15 is 0 Å². The summed E-state index contributed by atoms with van der Waals surface area (Å²) in [5.41, 5.74) is 0. The number of carbonyl (C=O) groups is 4. The molecule has 0 saturated carbocycles. The van der Waals surface area contributed by atoms with Crippen molar-refractivity contribution in [2.24, 2.45) is 11.8 Å². The summed E-state index contributed by atoms with van der Waals surface area (Å²) in [5.74, 6) is -0.505. The van der Waals surface area contributed by atoms with Gasteiger partial charge in [-0.05, 0) is 37.5 Å². The topological polar surface area (TPSA) is 237 Å². The summed E-state index contributed by atoms with van der Waals surface area (Å²) in [7, 11) is -9.93. The van der Waals surface area contributed by atoms with Crippen molar-refractivity contribution in [3.63, 3.8) is 0 Å². The van der Waals surface area contributed by atoms with Gasteiger partial charge in [-0.3, -0.25) is 37.3 Å². The van der Waals surface area contributed by atoms with Gasteiger partial charge >= 0.3 is 39.5 Å². The number of hydrogen-bond donors (Lipinski definition) is 3. The second-order valence-corrected chi connectivity index (χ2v) is 35.3. The first-order chi connectivity index (χ1) is 51.9. The van der Waals surface area contributed by atoms with Gasteiger partial charge < -0.3 is 33.8 Å². The van der Waals surface area contributed by atoms with Crippen LogP contribution >= 0.6 is 15.6 Å². The monoisotopic (exact) mass is 1560 g/mol.